The summed E-state index contributed by atoms with van der Waals surface area (Å²) in [5.41, 5.74) is 4.67. The largest absolute Gasteiger partial charge is 0.508 e. The number of likely N-dealkylation sites (tertiary alicyclic amines) is 2. The zero-order chi connectivity index (χ0) is 53.5. The van der Waals surface area contributed by atoms with Crippen LogP contribution in [-0.4, -0.2) is 138 Å². The van der Waals surface area contributed by atoms with Gasteiger partial charge in [-0.3, -0.25) is 24.2 Å². The van der Waals surface area contributed by atoms with E-state index in [1.54, 1.807) is 35.3 Å². The summed E-state index contributed by atoms with van der Waals surface area (Å²) in [5, 5.41) is 38.9. The number of carbonyl (C=O) groups excluding carboxylic acids is 2. The number of β-amino-alcohol motifs (C(OH)–C–C–N with tert-alkyl or cyclic N) is 1. The van der Waals surface area contributed by atoms with Crippen LogP contribution in [0.1, 0.15) is 88.6 Å². The summed E-state index contributed by atoms with van der Waals surface area (Å²) in [5.74, 6) is -0.666. The molecule has 4 saturated heterocycles. The number of aromatic nitrogens is 6. The van der Waals surface area contributed by atoms with Crippen molar-refractivity contribution in [3.8, 4) is 40.2 Å². The molecule has 0 saturated carbocycles. The van der Waals surface area contributed by atoms with E-state index in [4.69, 9.17) is 28.9 Å². The van der Waals surface area contributed by atoms with Crippen LogP contribution in [-0.2, 0) is 23.1 Å². The van der Waals surface area contributed by atoms with Crippen LogP contribution in [0.25, 0.3) is 44.2 Å². The van der Waals surface area contributed by atoms with E-state index < -0.39 is 23.9 Å². The third-order valence-corrected chi connectivity index (χ3v) is 16.2. The van der Waals surface area contributed by atoms with Crippen LogP contribution in [0.4, 0.5) is 10.2 Å². The lowest BCUT2D eigenvalue weighted by molar-refractivity contribution is -0.141. The van der Waals surface area contributed by atoms with Crippen molar-refractivity contribution >= 4 is 39.3 Å². The highest BCUT2D eigenvalue weighted by molar-refractivity contribution is 6.01. The number of ether oxygens (including phenoxy) is 2. The van der Waals surface area contributed by atoms with Crippen molar-refractivity contribution in [1.82, 2.24) is 50.3 Å². The fourth-order valence-corrected chi connectivity index (χ4v) is 12.0. The van der Waals surface area contributed by atoms with Gasteiger partial charge in [-0.05, 0) is 115 Å². The number of halogens is 1. The van der Waals surface area contributed by atoms with Crippen molar-refractivity contribution in [2.75, 3.05) is 57.4 Å². The minimum absolute atomic E-state index is 0.0303. The molecule has 4 aromatic heterocycles. The minimum atomic E-state index is -0.854. The van der Waals surface area contributed by atoms with Gasteiger partial charge in [0.25, 0.3) is 5.88 Å². The molecule has 2 bridgehead atoms. The Morgan fingerprint density at radius 1 is 0.961 bits per heavy atom. The number of anilines is 1. The first kappa shape index (κ1) is 51.9. The van der Waals surface area contributed by atoms with Crippen LogP contribution in [0, 0.1) is 17.7 Å². The SMILES string of the molecule is CCc1cccc2cc(O)cc(-c3ncc4c(N5CC6CCC(C5)N6)nc(OCCN5CCC(COc6cc([C@H](C(=O)N7C[C@H](O)C[C@H]7C(=O)N[C@@H](C)c7ccc(-c8ccnn8C)cc7)C(C)C)on6)CC5)nc4c3F)c12. The van der Waals surface area contributed by atoms with Gasteiger partial charge in [-0.25, -0.2) is 4.39 Å². The predicted molar refractivity (Wildman–Crippen MR) is 289 cm³/mol. The molecular weight excluding hydrogens is 982 g/mol. The van der Waals surface area contributed by atoms with Crippen LogP contribution in [0.15, 0.2) is 83.6 Å². The normalized spacial score (nSPS) is 20.8. The lowest BCUT2D eigenvalue weighted by Crippen LogP contribution is -2.51. The molecule has 18 nitrogen and oxygen atoms in total. The molecule has 6 atom stereocenters. The van der Waals surface area contributed by atoms with E-state index in [1.807, 2.05) is 76.3 Å². The number of aliphatic hydroxyl groups is 1. The lowest BCUT2D eigenvalue weighted by atomic mass is 9.91. The molecule has 8 heterocycles. The number of phenols is 1. The van der Waals surface area contributed by atoms with Crippen molar-refractivity contribution in [3.05, 3.63) is 102 Å². The van der Waals surface area contributed by atoms with Crippen molar-refractivity contribution in [2.45, 2.75) is 102 Å². The molecule has 11 rings (SSSR count). The van der Waals surface area contributed by atoms with Gasteiger partial charge in [-0.1, -0.05) is 63.2 Å². The Morgan fingerprint density at radius 2 is 1.74 bits per heavy atom. The van der Waals surface area contributed by atoms with Crippen LogP contribution in [0.2, 0.25) is 0 Å². The van der Waals surface area contributed by atoms with Crippen molar-refractivity contribution in [1.29, 1.82) is 0 Å². The van der Waals surface area contributed by atoms with E-state index in [-0.39, 0.29) is 71.5 Å². The molecule has 3 aromatic carbocycles. The predicted octanol–water partition coefficient (Wildman–Crippen LogP) is 7.33. The summed E-state index contributed by atoms with van der Waals surface area (Å²) in [6.45, 7) is 12.3. The smallest absolute Gasteiger partial charge is 0.319 e. The average Bonchev–Trinajstić information content (AvgIpc) is 4.26. The standard InChI is InChI=1S/C58H68FN11O7/c1-6-36-8-7-9-39-24-42(71)25-44(51(36)39)53-52(59)54-45(28-60-53)55(69-29-40-14-15-41(30-69)63-40)65-58(64-54)75-23-22-68-20-17-35(18-21-68)32-76-49-27-48(77-66-49)50(33(2)3)57(74)70-31-43(72)26-47(70)56(73)62-34(4)37-10-12-38(13-11-37)46-16-19-61-67(46)5/h7-13,16,19,24-25,27-28,33-35,40-41,43,47,50,63,71-72H,6,14-15,17-18,20-23,26,29-32H2,1-5H3,(H,62,73)/t34-,40?,41?,43+,47-,50+/m0/s1. The second-order valence-electron chi connectivity index (χ2n) is 21.7. The average molecular weight is 1050 g/mol. The first-order chi connectivity index (χ1) is 37.3. The van der Waals surface area contributed by atoms with Gasteiger partial charge in [0, 0.05) is 75.8 Å². The van der Waals surface area contributed by atoms with Crippen molar-refractivity contribution in [3.63, 3.8) is 0 Å². The zero-order valence-corrected chi connectivity index (χ0v) is 44.4. The molecule has 0 radical (unpaired) electrons. The minimum Gasteiger partial charge on any atom is -0.508 e. The third-order valence-electron chi connectivity index (χ3n) is 16.2. The summed E-state index contributed by atoms with van der Waals surface area (Å²) in [7, 11) is 1.89. The van der Waals surface area contributed by atoms with E-state index in [2.05, 4.69) is 37.6 Å². The zero-order valence-electron chi connectivity index (χ0n) is 44.4. The number of nitrogens with one attached hydrogen (secondary N) is 2. The van der Waals surface area contributed by atoms with Crippen LogP contribution < -0.4 is 25.0 Å². The van der Waals surface area contributed by atoms with Gasteiger partial charge in [0.15, 0.2) is 11.6 Å². The topological polar surface area (TPSA) is 209 Å². The van der Waals surface area contributed by atoms with Gasteiger partial charge in [0.1, 0.15) is 41.3 Å². The van der Waals surface area contributed by atoms with Gasteiger partial charge in [0.05, 0.1) is 29.8 Å². The molecule has 4 fully saturated rings. The number of nitrogens with zero attached hydrogens (tertiary/aromatic N) is 9. The number of piperidine rings is 1. The number of aliphatic hydroxyl groups excluding tert-OH is 1. The molecule has 404 valence electrons. The number of hydrogen-bond donors (Lipinski definition) is 4. The molecule has 2 unspecified atom stereocenters. The highest BCUT2D eigenvalue weighted by Gasteiger charge is 2.44. The molecule has 4 aliphatic rings. The maximum absolute atomic E-state index is 17.1. The molecule has 0 aliphatic carbocycles. The Balaban J connectivity index is 0.700. The number of rotatable bonds is 17. The van der Waals surface area contributed by atoms with E-state index in [0.29, 0.717) is 54.4 Å². The Bertz CT molecular complexity index is 3260. The molecule has 77 heavy (non-hydrogen) atoms. The number of benzene rings is 3. The van der Waals surface area contributed by atoms with Gasteiger partial charge in [-0.15, -0.1) is 0 Å². The monoisotopic (exact) mass is 1050 g/mol. The first-order valence-electron chi connectivity index (χ1n) is 27.2. The van der Waals surface area contributed by atoms with Gasteiger partial charge in [-0.2, -0.15) is 15.1 Å². The van der Waals surface area contributed by atoms with Crippen LogP contribution >= 0.6 is 0 Å². The number of pyridine rings is 1. The fourth-order valence-electron chi connectivity index (χ4n) is 12.0. The van der Waals surface area contributed by atoms with E-state index in [1.165, 1.54) is 4.90 Å². The van der Waals surface area contributed by atoms with Crippen LogP contribution in [0.3, 0.4) is 0 Å². The molecule has 0 spiro atoms. The summed E-state index contributed by atoms with van der Waals surface area (Å²) in [4.78, 5) is 48.4. The molecule has 7 aromatic rings. The fraction of sp³-hybridized carbons (Fsp3) is 0.466. The molecule has 19 heteroatoms. The summed E-state index contributed by atoms with van der Waals surface area (Å²) < 4.78 is 37.1. The summed E-state index contributed by atoms with van der Waals surface area (Å²) >= 11 is 0. The van der Waals surface area contributed by atoms with E-state index in [9.17, 15) is 19.8 Å². The summed E-state index contributed by atoms with van der Waals surface area (Å²) in [6.07, 6.45) is 7.31. The van der Waals surface area contributed by atoms with Gasteiger partial charge < -0.3 is 44.6 Å². The Morgan fingerprint density at radius 3 is 2.47 bits per heavy atom. The maximum Gasteiger partial charge on any atom is 0.319 e. The number of aromatic hydroxyl groups is 1. The summed E-state index contributed by atoms with van der Waals surface area (Å²) in [6, 6.07) is 20.2. The number of phenolic OH excluding ortho intramolecular Hbond substituents is 1. The van der Waals surface area contributed by atoms with Crippen LogP contribution in [0.5, 0.6) is 17.6 Å². The van der Waals surface area contributed by atoms with Gasteiger partial charge >= 0.3 is 6.01 Å². The number of carbonyl (C=O) groups is 2. The maximum atomic E-state index is 17.1. The van der Waals surface area contributed by atoms with E-state index >= 15 is 4.39 Å². The molecule has 4 aliphatic heterocycles. The van der Waals surface area contributed by atoms with Gasteiger partial charge in [0.2, 0.25) is 11.8 Å². The molecule has 2 amide bonds. The Hall–Kier alpha value is -7.22. The molecular formula is C58H68FN11O7. The number of hydrogen-bond acceptors (Lipinski definition) is 15. The second-order valence-corrected chi connectivity index (χ2v) is 21.7. The number of aryl methyl sites for hydroxylation is 2. The Kier molecular flexibility index (Phi) is 14.8. The highest BCUT2D eigenvalue weighted by Crippen LogP contribution is 2.40. The lowest BCUT2D eigenvalue weighted by Gasteiger charge is -2.34. The number of amides is 2. The highest BCUT2D eigenvalue weighted by atomic mass is 19.1. The first-order valence-corrected chi connectivity index (χ1v) is 27.2. The Labute approximate surface area is 446 Å². The number of piperazine rings is 1. The van der Waals surface area contributed by atoms with Crippen molar-refractivity contribution < 1.29 is 38.2 Å². The van der Waals surface area contributed by atoms with E-state index in [0.717, 1.165) is 91.4 Å². The second kappa shape index (κ2) is 22.0. The third kappa shape index (κ3) is 10.8. The quantitative estimate of drug-likeness (QED) is 0.0704. The number of fused-ring (bicyclic) bond motifs is 4. The van der Waals surface area contributed by atoms with Crippen molar-refractivity contribution in [2.24, 2.45) is 18.9 Å². The molecule has 4 N–H and O–H groups in total.